The predicted molar refractivity (Wildman–Crippen MR) is 77.9 cm³/mol. The number of ether oxygens (including phenoxy) is 1. The van der Waals surface area contributed by atoms with Crippen molar-refractivity contribution in [3.05, 3.63) is 17.9 Å². The van der Waals surface area contributed by atoms with Crippen LogP contribution in [0.5, 0.6) is 0 Å². The summed E-state index contributed by atoms with van der Waals surface area (Å²) in [6.07, 6.45) is 1.52. The molecule has 1 unspecified atom stereocenters. The van der Waals surface area contributed by atoms with Crippen LogP contribution in [0.2, 0.25) is 0 Å². The summed E-state index contributed by atoms with van der Waals surface area (Å²) in [7, 11) is -3.74. The number of nitrogens with two attached hydrogens (primary N) is 1. The van der Waals surface area contributed by atoms with E-state index in [9.17, 15) is 13.2 Å². The molecule has 2 heterocycles. The molecule has 7 nitrogen and oxygen atoms in total. The van der Waals surface area contributed by atoms with Gasteiger partial charge in [0.25, 0.3) is 10.0 Å². The highest BCUT2D eigenvalue weighted by Crippen LogP contribution is 2.22. The van der Waals surface area contributed by atoms with E-state index in [2.05, 4.69) is 0 Å². The molecule has 0 bridgehead atoms. The first-order chi connectivity index (χ1) is 9.45. The van der Waals surface area contributed by atoms with E-state index >= 15 is 0 Å². The summed E-state index contributed by atoms with van der Waals surface area (Å²) in [6, 6.07) is 2.40. The lowest BCUT2D eigenvalue weighted by Gasteiger charge is -2.28. The minimum atomic E-state index is -3.74. The van der Waals surface area contributed by atoms with Gasteiger partial charge in [0, 0.05) is 19.1 Å². The van der Waals surface area contributed by atoms with Crippen molar-refractivity contribution in [1.29, 1.82) is 0 Å². The first kappa shape index (κ1) is 18.0. The van der Waals surface area contributed by atoms with Crippen LogP contribution in [-0.4, -0.2) is 44.4 Å². The normalized spacial score (nSPS) is 19.8. The Morgan fingerprint density at radius 1 is 1.52 bits per heavy atom. The third-order valence-corrected chi connectivity index (χ3v) is 4.81. The van der Waals surface area contributed by atoms with Crippen molar-refractivity contribution in [2.75, 3.05) is 19.7 Å². The zero-order valence-corrected chi connectivity index (χ0v) is 13.3. The molecule has 120 valence electrons. The molecule has 9 heteroatoms. The Kier molecular flexibility index (Phi) is 6.21. The summed E-state index contributed by atoms with van der Waals surface area (Å²) in [4.78, 5) is 11.5. The minimum absolute atomic E-state index is 0. The van der Waals surface area contributed by atoms with Crippen molar-refractivity contribution >= 4 is 28.4 Å². The van der Waals surface area contributed by atoms with E-state index in [4.69, 9.17) is 14.9 Å². The van der Waals surface area contributed by atoms with Gasteiger partial charge in [0.2, 0.25) is 10.9 Å². The fraction of sp³-hybridized carbons (Fsp3) is 0.583. The molecule has 1 aromatic rings. The summed E-state index contributed by atoms with van der Waals surface area (Å²) >= 11 is 0. The number of piperidine rings is 1. The van der Waals surface area contributed by atoms with Crippen molar-refractivity contribution in [2.45, 2.75) is 30.9 Å². The number of carbonyl (C=O) groups is 1. The van der Waals surface area contributed by atoms with Gasteiger partial charge in [-0.1, -0.05) is 0 Å². The maximum atomic E-state index is 12.4. The molecule has 2 rings (SSSR count). The second kappa shape index (κ2) is 7.26. The number of halogens is 1. The number of esters is 1. The average Bonchev–Trinajstić information content (AvgIpc) is 2.89. The van der Waals surface area contributed by atoms with Crippen LogP contribution in [0.1, 0.15) is 30.3 Å². The molecule has 0 aliphatic carbocycles. The standard InChI is InChI=1S/C12H18N2O5S.ClH/c1-2-18-12(15)10-5-6-11(19-10)20(16,17)14-7-3-4-9(13)8-14;/h5-6,9H,2-4,7-8,13H2,1H3;1H. The lowest BCUT2D eigenvalue weighted by molar-refractivity contribution is 0.0483. The quantitative estimate of drug-likeness (QED) is 0.821. The molecule has 1 aromatic heterocycles. The van der Waals surface area contributed by atoms with E-state index < -0.39 is 16.0 Å². The highest BCUT2D eigenvalue weighted by molar-refractivity contribution is 7.89. The van der Waals surface area contributed by atoms with E-state index in [0.29, 0.717) is 13.0 Å². The first-order valence-electron chi connectivity index (χ1n) is 6.48. The molecule has 1 fully saturated rings. The zero-order chi connectivity index (χ0) is 14.8. The van der Waals surface area contributed by atoms with E-state index in [1.807, 2.05) is 0 Å². The number of furan rings is 1. The van der Waals surface area contributed by atoms with Crippen molar-refractivity contribution < 1.29 is 22.4 Å². The Morgan fingerprint density at radius 2 is 2.24 bits per heavy atom. The fourth-order valence-corrected chi connectivity index (χ4v) is 3.54. The van der Waals surface area contributed by atoms with Gasteiger partial charge in [-0.05, 0) is 31.9 Å². The Bertz CT molecular complexity index is 586. The first-order valence-corrected chi connectivity index (χ1v) is 7.92. The Balaban J connectivity index is 0.00000220. The summed E-state index contributed by atoms with van der Waals surface area (Å²) in [5.74, 6) is -0.795. The van der Waals surface area contributed by atoms with E-state index in [-0.39, 0.29) is 42.5 Å². The summed E-state index contributed by atoms with van der Waals surface area (Å²) in [5, 5.41) is -0.255. The summed E-state index contributed by atoms with van der Waals surface area (Å²) < 4.78 is 35.9. The second-order valence-electron chi connectivity index (χ2n) is 4.60. The predicted octanol–water partition coefficient (Wildman–Crippen LogP) is 0.990. The molecule has 1 saturated heterocycles. The summed E-state index contributed by atoms with van der Waals surface area (Å²) in [6.45, 7) is 2.53. The van der Waals surface area contributed by atoms with Crippen molar-refractivity contribution in [3.8, 4) is 0 Å². The number of nitrogens with zero attached hydrogens (tertiary/aromatic N) is 1. The van der Waals surface area contributed by atoms with Gasteiger partial charge in [-0.25, -0.2) is 13.2 Å². The van der Waals surface area contributed by atoms with Crippen LogP contribution in [0.4, 0.5) is 0 Å². The van der Waals surface area contributed by atoms with Gasteiger partial charge < -0.3 is 14.9 Å². The molecular weight excluding hydrogens is 320 g/mol. The molecule has 0 saturated carbocycles. The van der Waals surface area contributed by atoms with Gasteiger partial charge in [0.05, 0.1) is 6.61 Å². The van der Waals surface area contributed by atoms with E-state index in [1.54, 1.807) is 6.92 Å². The Hall–Kier alpha value is -1.09. The van der Waals surface area contributed by atoms with Gasteiger partial charge in [0.1, 0.15) is 0 Å². The van der Waals surface area contributed by atoms with Crippen LogP contribution in [-0.2, 0) is 14.8 Å². The molecule has 0 aromatic carbocycles. The number of rotatable bonds is 4. The molecule has 1 atom stereocenters. The topological polar surface area (TPSA) is 103 Å². The smallest absolute Gasteiger partial charge is 0.374 e. The Morgan fingerprint density at radius 3 is 2.86 bits per heavy atom. The Labute approximate surface area is 129 Å². The number of hydrogen-bond donors (Lipinski definition) is 1. The lowest BCUT2D eigenvalue weighted by atomic mass is 10.1. The highest BCUT2D eigenvalue weighted by atomic mass is 35.5. The van der Waals surface area contributed by atoms with E-state index in [0.717, 1.165) is 6.42 Å². The van der Waals surface area contributed by atoms with Crippen molar-refractivity contribution in [2.24, 2.45) is 5.73 Å². The van der Waals surface area contributed by atoms with Gasteiger partial charge in [0.15, 0.2) is 0 Å². The second-order valence-corrected chi connectivity index (χ2v) is 6.47. The fourth-order valence-electron chi connectivity index (χ4n) is 2.09. The van der Waals surface area contributed by atoms with Crippen LogP contribution in [0.15, 0.2) is 21.6 Å². The van der Waals surface area contributed by atoms with Gasteiger partial charge in [-0.2, -0.15) is 4.31 Å². The van der Waals surface area contributed by atoms with Gasteiger partial charge in [-0.3, -0.25) is 0 Å². The largest absolute Gasteiger partial charge is 0.460 e. The van der Waals surface area contributed by atoms with E-state index in [1.165, 1.54) is 16.4 Å². The van der Waals surface area contributed by atoms with Crippen LogP contribution in [0, 0.1) is 0 Å². The molecule has 0 spiro atoms. The molecule has 0 radical (unpaired) electrons. The number of sulfonamides is 1. The van der Waals surface area contributed by atoms with Gasteiger partial charge >= 0.3 is 5.97 Å². The SMILES string of the molecule is CCOC(=O)c1ccc(S(=O)(=O)N2CCCC(N)C2)o1.Cl. The average molecular weight is 339 g/mol. The van der Waals surface area contributed by atoms with Crippen molar-refractivity contribution in [1.82, 2.24) is 4.31 Å². The minimum Gasteiger partial charge on any atom is -0.460 e. The maximum Gasteiger partial charge on any atom is 0.374 e. The lowest BCUT2D eigenvalue weighted by Crippen LogP contribution is -2.45. The highest BCUT2D eigenvalue weighted by Gasteiger charge is 2.32. The van der Waals surface area contributed by atoms with Crippen LogP contribution < -0.4 is 5.73 Å². The molecule has 1 aliphatic heterocycles. The van der Waals surface area contributed by atoms with Crippen LogP contribution in [0.3, 0.4) is 0 Å². The van der Waals surface area contributed by atoms with Crippen molar-refractivity contribution in [3.63, 3.8) is 0 Å². The molecule has 1 aliphatic rings. The zero-order valence-electron chi connectivity index (χ0n) is 11.6. The monoisotopic (exact) mass is 338 g/mol. The molecular formula is C12H19ClN2O5S. The third-order valence-electron chi connectivity index (χ3n) is 3.07. The number of carbonyl (C=O) groups excluding carboxylic acids is 1. The molecule has 0 amide bonds. The third kappa shape index (κ3) is 3.97. The van der Waals surface area contributed by atoms with Gasteiger partial charge in [-0.15, -0.1) is 12.4 Å². The maximum absolute atomic E-state index is 12.4. The molecule has 21 heavy (non-hydrogen) atoms. The van der Waals surface area contributed by atoms with Crippen LogP contribution >= 0.6 is 12.4 Å². The number of hydrogen-bond acceptors (Lipinski definition) is 6. The summed E-state index contributed by atoms with van der Waals surface area (Å²) in [5.41, 5.74) is 5.78. The van der Waals surface area contributed by atoms with Crippen LogP contribution in [0.25, 0.3) is 0 Å². The molecule has 2 N–H and O–H groups in total.